The Hall–Kier alpha value is -2.75. The molecule has 2 aromatic carbocycles. The summed E-state index contributed by atoms with van der Waals surface area (Å²) in [5, 5.41) is 5.44. The lowest BCUT2D eigenvalue weighted by molar-refractivity contribution is -0.120. The van der Waals surface area contributed by atoms with Crippen LogP contribution in [0.1, 0.15) is 35.8 Å². The van der Waals surface area contributed by atoms with Gasteiger partial charge in [0.15, 0.2) is 0 Å². The second-order valence-corrected chi connectivity index (χ2v) is 9.60. The van der Waals surface area contributed by atoms with Crippen LogP contribution in [-0.2, 0) is 14.8 Å². The number of nitrogens with one attached hydrogen (secondary N) is 2. The molecule has 0 bridgehead atoms. The van der Waals surface area contributed by atoms with Gasteiger partial charge >= 0.3 is 0 Å². The van der Waals surface area contributed by atoms with Gasteiger partial charge in [0.05, 0.1) is 17.5 Å². The van der Waals surface area contributed by atoms with Gasteiger partial charge in [0, 0.05) is 26.2 Å². The highest BCUT2D eigenvalue weighted by atomic mass is 32.2. The lowest BCUT2D eigenvalue weighted by atomic mass is 10.1. The number of hydrogen-bond acceptors (Lipinski definition) is 5. The van der Waals surface area contributed by atoms with E-state index in [2.05, 4.69) is 29.4 Å². The number of sulfonamides is 1. The number of hydrogen-bond donors (Lipinski definition) is 2. The van der Waals surface area contributed by atoms with Crippen LogP contribution in [0, 0.1) is 0 Å². The average Bonchev–Trinajstić information content (AvgIpc) is 2.80. The van der Waals surface area contributed by atoms with Crippen molar-refractivity contribution < 1.29 is 18.0 Å². The van der Waals surface area contributed by atoms with Crippen molar-refractivity contribution in [2.45, 2.75) is 24.8 Å². The molecule has 0 aliphatic rings. The zero-order chi connectivity index (χ0) is 23.7. The molecule has 1 unspecified atom stereocenters. The van der Waals surface area contributed by atoms with Gasteiger partial charge in [-0.2, -0.15) is 0 Å². The fourth-order valence-electron chi connectivity index (χ4n) is 3.34. The zero-order valence-electron chi connectivity index (χ0n) is 19.0. The third-order valence-corrected chi connectivity index (χ3v) is 7.03. The van der Waals surface area contributed by atoms with Crippen LogP contribution in [0.3, 0.4) is 0 Å². The lowest BCUT2D eigenvalue weighted by Gasteiger charge is -2.30. The van der Waals surface area contributed by atoms with Gasteiger partial charge in [0.1, 0.15) is 0 Å². The molecule has 8 nitrogen and oxygen atoms in total. The molecule has 0 radical (unpaired) electrons. The first kappa shape index (κ1) is 25.5. The van der Waals surface area contributed by atoms with Gasteiger partial charge in [0.2, 0.25) is 15.9 Å². The van der Waals surface area contributed by atoms with Gasteiger partial charge in [-0.15, -0.1) is 0 Å². The van der Waals surface area contributed by atoms with Crippen LogP contribution in [0.15, 0.2) is 59.5 Å². The van der Waals surface area contributed by atoms with Gasteiger partial charge in [-0.1, -0.05) is 50.2 Å². The highest BCUT2D eigenvalue weighted by molar-refractivity contribution is 7.89. The summed E-state index contributed by atoms with van der Waals surface area (Å²) < 4.78 is 25.6. The Bertz CT molecular complexity index is 1010. The molecule has 0 spiro atoms. The highest BCUT2D eigenvalue weighted by Crippen LogP contribution is 2.19. The Labute approximate surface area is 190 Å². The molecule has 0 aliphatic carbocycles. The van der Waals surface area contributed by atoms with E-state index in [4.69, 9.17) is 0 Å². The molecule has 0 fully saturated rings. The monoisotopic (exact) mass is 460 g/mol. The number of rotatable bonds is 11. The largest absolute Gasteiger partial charge is 0.353 e. The first-order valence-electron chi connectivity index (χ1n) is 10.6. The summed E-state index contributed by atoms with van der Waals surface area (Å²) in [6, 6.07) is 15.7. The van der Waals surface area contributed by atoms with Crippen molar-refractivity contribution in [2.24, 2.45) is 0 Å². The number of carbonyl (C=O) groups is 2. The maximum Gasteiger partial charge on any atom is 0.251 e. The van der Waals surface area contributed by atoms with Crippen molar-refractivity contribution in [3.05, 3.63) is 65.7 Å². The molecule has 2 rings (SSSR count). The summed E-state index contributed by atoms with van der Waals surface area (Å²) in [6.45, 7) is 6.04. The minimum atomic E-state index is -3.65. The van der Waals surface area contributed by atoms with E-state index in [0.717, 1.165) is 23.0 Å². The quantitative estimate of drug-likeness (QED) is 0.533. The van der Waals surface area contributed by atoms with E-state index in [1.54, 1.807) is 0 Å². The van der Waals surface area contributed by atoms with E-state index in [-0.39, 0.29) is 29.0 Å². The second kappa shape index (κ2) is 11.8. The van der Waals surface area contributed by atoms with Gasteiger partial charge in [-0.05, 0) is 36.9 Å². The molecule has 0 saturated heterocycles. The predicted octanol–water partition coefficient (Wildman–Crippen LogP) is 1.87. The first-order valence-corrected chi connectivity index (χ1v) is 12.0. The normalized spacial score (nSPS) is 12.6. The van der Waals surface area contributed by atoms with E-state index >= 15 is 0 Å². The van der Waals surface area contributed by atoms with Gasteiger partial charge in [0.25, 0.3) is 5.91 Å². The first-order chi connectivity index (χ1) is 15.2. The van der Waals surface area contributed by atoms with E-state index in [1.807, 2.05) is 30.3 Å². The summed E-state index contributed by atoms with van der Waals surface area (Å²) in [6.07, 6.45) is 0. The minimum absolute atomic E-state index is 0.0181. The Kier molecular flexibility index (Phi) is 9.37. The van der Waals surface area contributed by atoms with E-state index < -0.39 is 15.9 Å². The summed E-state index contributed by atoms with van der Waals surface area (Å²) >= 11 is 0. The zero-order valence-corrected chi connectivity index (χ0v) is 19.9. The topological polar surface area (TPSA) is 98.8 Å². The van der Waals surface area contributed by atoms with Crippen LogP contribution < -0.4 is 10.6 Å². The molecule has 0 aromatic heterocycles. The average molecular weight is 461 g/mol. The molecule has 0 heterocycles. The van der Waals surface area contributed by atoms with Crippen molar-refractivity contribution in [3.8, 4) is 0 Å². The highest BCUT2D eigenvalue weighted by Gasteiger charge is 2.20. The van der Waals surface area contributed by atoms with E-state index in [1.165, 1.54) is 38.4 Å². The van der Waals surface area contributed by atoms with Crippen LogP contribution in [0.5, 0.6) is 0 Å². The molecule has 32 heavy (non-hydrogen) atoms. The standard InChI is InChI=1S/C23H32N4O4S/c1-5-27(6-2)21(18-11-8-7-9-12-18)16-24-22(28)17-25-23(29)19-13-10-14-20(15-19)32(30,31)26(3)4/h7-15,21H,5-6,16-17H2,1-4H3,(H,24,28)(H,25,29). The molecule has 2 aromatic rings. The van der Waals surface area contributed by atoms with Crippen molar-refractivity contribution >= 4 is 21.8 Å². The molecule has 2 amide bonds. The fourth-order valence-corrected chi connectivity index (χ4v) is 4.29. The third kappa shape index (κ3) is 6.62. The van der Waals surface area contributed by atoms with Crippen molar-refractivity contribution in [1.29, 1.82) is 0 Å². The smallest absolute Gasteiger partial charge is 0.251 e. The van der Waals surface area contributed by atoms with Gasteiger partial charge in [-0.3, -0.25) is 14.5 Å². The molecule has 174 valence electrons. The van der Waals surface area contributed by atoms with Crippen LogP contribution in [0.4, 0.5) is 0 Å². The van der Waals surface area contributed by atoms with Crippen LogP contribution in [0.2, 0.25) is 0 Å². The molecule has 2 N–H and O–H groups in total. The summed E-state index contributed by atoms with van der Waals surface area (Å²) in [4.78, 5) is 27.1. The Balaban J connectivity index is 1.98. The summed E-state index contributed by atoms with van der Waals surface area (Å²) in [5.41, 5.74) is 1.28. The van der Waals surface area contributed by atoms with Crippen molar-refractivity contribution in [2.75, 3.05) is 40.3 Å². The second-order valence-electron chi connectivity index (χ2n) is 7.45. The SMILES string of the molecule is CCN(CC)C(CNC(=O)CNC(=O)c1cccc(S(=O)(=O)N(C)C)c1)c1ccccc1. The summed E-state index contributed by atoms with van der Waals surface area (Å²) in [5.74, 6) is -0.831. The Morgan fingerprint density at radius 3 is 2.19 bits per heavy atom. The number of nitrogens with zero attached hydrogens (tertiary/aromatic N) is 2. The Morgan fingerprint density at radius 1 is 0.938 bits per heavy atom. The minimum Gasteiger partial charge on any atom is -0.353 e. The van der Waals surface area contributed by atoms with Gasteiger partial charge in [-0.25, -0.2) is 12.7 Å². The van der Waals surface area contributed by atoms with Crippen molar-refractivity contribution in [1.82, 2.24) is 19.8 Å². The third-order valence-electron chi connectivity index (χ3n) is 5.21. The molecular formula is C23H32N4O4S. The maximum absolute atomic E-state index is 12.5. The summed E-state index contributed by atoms with van der Waals surface area (Å²) in [7, 11) is -0.805. The van der Waals surface area contributed by atoms with E-state index in [0.29, 0.717) is 6.54 Å². The number of amides is 2. The van der Waals surface area contributed by atoms with Gasteiger partial charge < -0.3 is 10.6 Å². The number of carbonyl (C=O) groups excluding carboxylic acids is 2. The molecular weight excluding hydrogens is 428 g/mol. The van der Waals surface area contributed by atoms with Crippen LogP contribution in [-0.4, -0.2) is 69.7 Å². The maximum atomic E-state index is 12.5. The van der Waals surface area contributed by atoms with Crippen LogP contribution >= 0.6 is 0 Å². The number of likely N-dealkylation sites (N-methyl/N-ethyl adjacent to an activating group) is 1. The lowest BCUT2D eigenvalue weighted by Crippen LogP contribution is -2.42. The van der Waals surface area contributed by atoms with E-state index in [9.17, 15) is 18.0 Å². The van der Waals surface area contributed by atoms with Crippen LogP contribution in [0.25, 0.3) is 0 Å². The fraction of sp³-hybridized carbons (Fsp3) is 0.391. The number of benzene rings is 2. The Morgan fingerprint density at radius 2 is 1.59 bits per heavy atom. The molecule has 0 saturated carbocycles. The molecule has 1 atom stereocenters. The molecule has 0 aliphatic heterocycles. The molecule has 9 heteroatoms. The van der Waals surface area contributed by atoms with Crippen molar-refractivity contribution in [3.63, 3.8) is 0 Å². The predicted molar refractivity (Wildman–Crippen MR) is 125 cm³/mol.